The highest BCUT2D eigenvalue weighted by Gasteiger charge is 2.45. The lowest BCUT2D eigenvalue weighted by Gasteiger charge is -2.51. The Morgan fingerprint density at radius 2 is 1.67 bits per heavy atom. The van der Waals surface area contributed by atoms with Crippen LogP contribution >= 0.6 is 0 Å². The number of nitrogens with two attached hydrogens (primary N) is 1. The number of rotatable bonds is 4. The highest BCUT2D eigenvalue weighted by molar-refractivity contribution is 5.00. The van der Waals surface area contributed by atoms with E-state index < -0.39 is 0 Å². The summed E-state index contributed by atoms with van der Waals surface area (Å²) in [5.41, 5.74) is 7.15. The van der Waals surface area contributed by atoms with Crippen LogP contribution in [0.5, 0.6) is 0 Å². The van der Waals surface area contributed by atoms with Crippen LogP contribution in [-0.4, -0.2) is 30.1 Å². The summed E-state index contributed by atoms with van der Waals surface area (Å²) in [4.78, 5) is 2.58. The van der Waals surface area contributed by atoms with E-state index in [1.54, 1.807) is 0 Å². The lowest BCUT2D eigenvalue weighted by Crippen LogP contribution is -2.61. The molecule has 0 aromatic heterocycles. The van der Waals surface area contributed by atoms with E-state index in [1.807, 2.05) is 0 Å². The molecule has 0 aromatic rings. The van der Waals surface area contributed by atoms with Crippen molar-refractivity contribution < 1.29 is 0 Å². The Kier molecular flexibility index (Phi) is 3.09. The van der Waals surface area contributed by atoms with E-state index in [0.29, 0.717) is 0 Å². The van der Waals surface area contributed by atoms with Gasteiger partial charge in [0.1, 0.15) is 0 Å². The van der Waals surface area contributed by atoms with Crippen LogP contribution in [0.15, 0.2) is 0 Å². The second-order valence-electron chi connectivity index (χ2n) is 5.92. The molecule has 2 rings (SSSR count). The Hall–Kier alpha value is -0.0800. The van der Waals surface area contributed by atoms with Gasteiger partial charge in [0.25, 0.3) is 0 Å². The van der Waals surface area contributed by atoms with Crippen molar-refractivity contribution in [3.63, 3.8) is 0 Å². The molecule has 2 heteroatoms. The fraction of sp³-hybridized carbons (Fsp3) is 1.00. The molecule has 1 heterocycles. The first-order chi connectivity index (χ1) is 7.11. The van der Waals surface area contributed by atoms with Gasteiger partial charge in [-0.05, 0) is 31.1 Å². The van der Waals surface area contributed by atoms with Gasteiger partial charge in [-0.2, -0.15) is 0 Å². The zero-order chi connectivity index (χ0) is 10.9. The highest BCUT2D eigenvalue weighted by atomic mass is 15.2. The molecule has 0 radical (unpaired) electrons. The summed E-state index contributed by atoms with van der Waals surface area (Å²) in [6, 6.07) is 0. The molecule has 0 unspecified atom stereocenters. The van der Waals surface area contributed by atoms with Crippen molar-refractivity contribution in [1.82, 2.24) is 4.90 Å². The van der Waals surface area contributed by atoms with Crippen molar-refractivity contribution in [3.8, 4) is 0 Å². The van der Waals surface area contributed by atoms with Gasteiger partial charge in [0, 0.05) is 25.2 Å². The van der Waals surface area contributed by atoms with Gasteiger partial charge in [-0.3, -0.25) is 0 Å². The third-order valence-electron chi connectivity index (χ3n) is 4.73. The van der Waals surface area contributed by atoms with Crippen LogP contribution in [0.1, 0.15) is 52.4 Å². The molecular weight excluding hydrogens is 184 g/mol. The topological polar surface area (TPSA) is 29.3 Å². The van der Waals surface area contributed by atoms with E-state index in [1.165, 1.54) is 38.8 Å². The molecular formula is C13H26N2. The Morgan fingerprint density at radius 3 is 2.13 bits per heavy atom. The molecule has 0 amide bonds. The molecule has 1 spiro atoms. The molecule has 0 bridgehead atoms. The average molecular weight is 210 g/mol. The second-order valence-corrected chi connectivity index (χ2v) is 5.92. The van der Waals surface area contributed by atoms with Crippen LogP contribution in [0, 0.1) is 5.41 Å². The lowest BCUT2D eigenvalue weighted by atomic mass is 9.77. The maximum atomic E-state index is 6.35. The SMILES string of the molecule is CCC(N)(CC)CN1CC2(CCCC2)C1. The lowest BCUT2D eigenvalue weighted by molar-refractivity contribution is -0.0103. The monoisotopic (exact) mass is 210 g/mol. The van der Waals surface area contributed by atoms with E-state index in [-0.39, 0.29) is 5.54 Å². The molecule has 2 nitrogen and oxygen atoms in total. The minimum atomic E-state index is 0.0697. The van der Waals surface area contributed by atoms with Crippen molar-refractivity contribution in [2.45, 2.75) is 57.9 Å². The predicted octanol–water partition coefficient (Wildman–Crippen LogP) is 2.38. The largest absolute Gasteiger partial charge is 0.324 e. The molecule has 15 heavy (non-hydrogen) atoms. The van der Waals surface area contributed by atoms with Crippen LogP contribution in [0.2, 0.25) is 0 Å². The Bertz CT molecular complexity index is 207. The standard InChI is InChI=1S/C13H26N2/c1-3-13(14,4-2)11-15-9-12(10-15)7-5-6-8-12/h3-11,14H2,1-2H3. The van der Waals surface area contributed by atoms with Crippen molar-refractivity contribution in [2.24, 2.45) is 11.1 Å². The maximum absolute atomic E-state index is 6.35. The van der Waals surface area contributed by atoms with E-state index in [4.69, 9.17) is 5.73 Å². The molecule has 1 aliphatic heterocycles. The van der Waals surface area contributed by atoms with E-state index in [0.717, 1.165) is 24.8 Å². The van der Waals surface area contributed by atoms with Gasteiger partial charge >= 0.3 is 0 Å². The van der Waals surface area contributed by atoms with Crippen LogP contribution in [0.3, 0.4) is 0 Å². The van der Waals surface area contributed by atoms with Gasteiger partial charge in [-0.15, -0.1) is 0 Å². The third-order valence-corrected chi connectivity index (χ3v) is 4.73. The number of hydrogen-bond acceptors (Lipinski definition) is 2. The first kappa shape index (κ1) is 11.4. The smallest absolute Gasteiger partial charge is 0.0278 e. The van der Waals surface area contributed by atoms with E-state index in [9.17, 15) is 0 Å². The second kappa shape index (κ2) is 4.06. The predicted molar refractivity (Wildman–Crippen MR) is 64.8 cm³/mol. The number of nitrogens with zero attached hydrogens (tertiary/aromatic N) is 1. The van der Waals surface area contributed by atoms with Crippen molar-refractivity contribution >= 4 is 0 Å². The van der Waals surface area contributed by atoms with Gasteiger partial charge in [0.15, 0.2) is 0 Å². The average Bonchev–Trinajstić information content (AvgIpc) is 2.66. The summed E-state index contributed by atoms with van der Waals surface area (Å²) in [5, 5.41) is 0. The quantitative estimate of drug-likeness (QED) is 0.772. The van der Waals surface area contributed by atoms with Crippen molar-refractivity contribution in [3.05, 3.63) is 0 Å². The normalized spacial score (nSPS) is 25.8. The van der Waals surface area contributed by atoms with Crippen molar-refractivity contribution in [2.75, 3.05) is 19.6 Å². The number of likely N-dealkylation sites (tertiary alicyclic amines) is 1. The van der Waals surface area contributed by atoms with Crippen LogP contribution < -0.4 is 5.73 Å². The molecule has 2 fully saturated rings. The molecule has 1 saturated carbocycles. The first-order valence-electron chi connectivity index (χ1n) is 6.63. The minimum absolute atomic E-state index is 0.0697. The highest BCUT2D eigenvalue weighted by Crippen LogP contribution is 2.45. The number of hydrogen-bond donors (Lipinski definition) is 1. The van der Waals surface area contributed by atoms with Crippen LogP contribution in [0.25, 0.3) is 0 Å². The van der Waals surface area contributed by atoms with Gasteiger partial charge in [-0.25, -0.2) is 0 Å². The first-order valence-corrected chi connectivity index (χ1v) is 6.63. The fourth-order valence-corrected chi connectivity index (χ4v) is 3.37. The van der Waals surface area contributed by atoms with Gasteiger partial charge < -0.3 is 10.6 Å². The molecule has 0 aromatic carbocycles. The van der Waals surface area contributed by atoms with Gasteiger partial charge in [0.05, 0.1) is 0 Å². The Balaban J connectivity index is 1.79. The minimum Gasteiger partial charge on any atom is -0.324 e. The summed E-state index contributed by atoms with van der Waals surface area (Å²) in [6.45, 7) is 8.20. The van der Waals surface area contributed by atoms with E-state index >= 15 is 0 Å². The third kappa shape index (κ3) is 2.21. The summed E-state index contributed by atoms with van der Waals surface area (Å²) in [7, 11) is 0. The van der Waals surface area contributed by atoms with Gasteiger partial charge in [-0.1, -0.05) is 26.7 Å². The molecule has 2 N–H and O–H groups in total. The summed E-state index contributed by atoms with van der Waals surface area (Å²) in [6.07, 6.45) is 8.07. The van der Waals surface area contributed by atoms with E-state index in [2.05, 4.69) is 18.7 Å². The maximum Gasteiger partial charge on any atom is 0.0278 e. The molecule has 1 aliphatic carbocycles. The molecule has 88 valence electrons. The summed E-state index contributed by atoms with van der Waals surface area (Å²) >= 11 is 0. The zero-order valence-electron chi connectivity index (χ0n) is 10.4. The van der Waals surface area contributed by atoms with Crippen LogP contribution in [0.4, 0.5) is 0 Å². The Morgan fingerprint density at radius 1 is 1.13 bits per heavy atom. The van der Waals surface area contributed by atoms with Crippen LogP contribution in [-0.2, 0) is 0 Å². The van der Waals surface area contributed by atoms with Crippen molar-refractivity contribution in [1.29, 1.82) is 0 Å². The molecule has 0 atom stereocenters. The fourth-order valence-electron chi connectivity index (χ4n) is 3.37. The summed E-state index contributed by atoms with van der Waals surface area (Å²) < 4.78 is 0. The Labute approximate surface area is 94.2 Å². The molecule has 1 saturated heterocycles. The van der Waals surface area contributed by atoms with Gasteiger partial charge in [0.2, 0.25) is 0 Å². The zero-order valence-corrected chi connectivity index (χ0v) is 10.4. The summed E-state index contributed by atoms with van der Waals surface area (Å²) in [5.74, 6) is 0. The molecule has 2 aliphatic rings.